The lowest BCUT2D eigenvalue weighted by atomic mass is 10.0. The highest BCUT2D eigenvalue weighted by Crippen LogP contribution is 2.18. The first kappa shape index (κ1) is 23.7. The lowest BCUT2D eigenvalue weighted by Crippen LogP contribution is -2.36. The van der Waals surface area contributed by atoms with Crippen molar-refractivity contribution < 1.29 is 9.59 Å². The summed E-state index contributed by atoms with van der Waals surface area (Å²) in [5, 5.41) is 8.79. The van der Waals surface area contributed by atoms with Gasteiger partial charge in [0.25, 0.3) is 5.91 Å². The first-order valence-corrected chi connectivity index (χ1v) is 10.8. The monoisotopic (exact) mass is 443 g/mol. The minimum atomic E-state index is -0.340. The first-order chi connectivity index (χ1) is 15.8. The minimum Gasteiger partial charge on any atom is -0.326 e. The Labute approximate surface area is 194 Å². The Bertz CT molecular complexity index is 1140. The molecule has 170 valence electrons. The van der Waals surface area contributed by atoms with Crippen molar-refractivity contribution in [3.63, 3.8) is 0 Å². The van der Waals surface area contributed by atoms with Crippen molar-refractivity contribution in [3.05, 3.63) is 89.2 Å². The number of amides is 2. The van der Waals surface area contributed by atoms with Gasteiger partial charge in [0, 0.05) is 30.1 Å². The van der Waals surface area contributed by atoms with Crippen LogP contribution in [-0.2, 0) is 11.3 Å². The fraction of sp³-hybridized carbons (Fsp3) is 0.231. The highest BCUT2D eigenvalue weighted by Gasteiger charge is 2.12. The van der Waals surface area contributed by atoms with Crippen LogP contribution >= 0.6 is 0 Å². The standard InChI is InChI=1S/C26H29N5O2/c1-17(2)20-10-12-22(13-11-20)30-26(28-16-23-7-5-6-14-27-23)31-25(33)21-9-8-18(3)24(15-21)29-19(4)32/h5-15,17H,16H2,1-4H3,(H,29,32)(H2,28,30,31,33). The predicted molar refractivity (Wildman–Crippen MR) is 132 cm³/mol. The van der Waals surface area contributed by atoms with Crippen LogP contribution in [0, 0.1) is 6.92 Å². The van der Waals surface area contributed by atoms with Crippen LogP contribution in [0.15, 0.2) is 71.9 Å². The average molecular weight is 444 g/mol. The molecule has 33 heavy (non-hydrogen) atoms. The maximum atomic E-state index is 13.0. The summed E-state index contributed by atoms with van der Waals surface area (Å²) < 4.78 is 0. The van der Waals surface area contributed by atoms with Crippen LogP contribution in [0.3, 0.4) is 0 Å². The third-order valence-corrected chi connectivity index (χ3v) is 5.01. The molecule has 0 radical (unpaired) electrons. The summed E-state index contributed by atoms with van der Waals surface area (Å²) in [5.74, 6) is 0.201. The van der Waals surface area contributed by atoms with E-state index >= 15 is 0 Å². The summed E-state index contributed by atoms with van der Waals surface area (Å²) in [5.41, 5.74) is 4.69. The summed E-state index contributed by atoms with van der Waals surface area (Å²) in [7, 11) is 0. The molecule has 3 rings (SSSR count). The number of carbonyl (C=O) groups excluding carboxylic acids is 2. The van der Waals surface area contributed by atoms with Gasteiger partial charge < -0.3 is 10.6 Å². The van der Waals surface area contributed by atoms with Crippen molar-refractivity contribution in [3.8, 4) is 0 Å². The van der Waals surface area contributed by atoms with Crippen molar-refractivity contribution in [2.24, 2.45) is 4.99 Å². The number of aryl methyl sites for hydroxylation is 1. The zero-order chi connectivity index (χ0) is 23.8. The number of pyridine rings is 1. The highest BCUT2D eigenvalue weighted by molar-refractivity contribution is 6.10. The van der Waals surface area contributed by atoms with Crippen molar-refractivity contribution in [2.75, 3.05) is 10.6 Å². The lowest BCUT2D eigenvalue weighted by molar-refractivity contribution is -0.114. The van der Waals surface area contributed by atoms with Gasteiger partial charge in [-0.05, 0) is 60.4 Å². The Balaban J connectivity index is 1.82. The van der Waals surface area contributed by atoms with Gasteiger partial charge in [-0.2, -0.15) is 0 Å². The number of nitrogens with one attached hydrogen (secondary N) is 3. The fourth-order valence-electron chi connectivity index (χ4n) is 3.12. The SMILES string of the molecule is CC(=O)Nc1cc(C(=O)NC(=NCc2ccccn2)Nc2ccc(C(C)C)cc2)ccc1C. The van der Waals surface area contributed by atoms with Crippen LogP contribution in [0.5, 0.6) is 0 Å². The van der Waals surface area contributed by atoms with Crippen LogP contribution in [0.25, 0.3) is 0 Å². The Kier molecular flexibility index (Phi) is 7.91. The second-order valence-corrected chi connectivity index (χ2v) is 8.05. The molecule has 7 heteroatoms. The van der Waals surface area contributed by atoms with Crippen LogP contribution in [0.4, 0.5) is 11.4 Å². The van der Waals surface area contributed by atoms with Gasteiger partial charge >= 0.3 is 0 Å². The quantitative estimate of drug-likeness (QED) is 0.374. The molecule has 0 bridgehead atoms. The maximum Gasteiger partial charge on any atom is 0.258 e. The number of anilines is 2. The number of benzene rings is 2. The number of hydrogen-bond donors (Lipinski definition) is 3. The summed E-state index contributed by atoms with van der Waals surface area (Å²) in [6.45, 7) is 7.88. The third-order valence-electron chi connectivity index (χ3n) is 5.01. The Hall–Kier alpha value is -4.00. The van der Waals surface area contributed by atoms with Crippen molar-refractivity contribution in [1.82, 2.24) is 10.3 Å². The number of rotatable bonds is 6. The van der Waals surface area contributed by atoms with Gasteiger partial charge in [0.05, 0.1) is 12.2 Å². The van der Waals surface area contributed by atoms with E-state index in [0.717, 1.165) is 16.9 Å². The van der Waals surface area contributed by atoms with Crippen molar-refractivity contribution in [1.29, 1.82) is 0 Å². The summed E-state index contributed by atoms with van der Waals surface area (Å²) in [6.07, 6.45) is 1.71. The van der Waals surface area contributed by atoms with Crippen LogP contribution in [0.2, 0.25) is 0 Å². The average Bonchev–Trinajstić information content (AvgIpc) is 2.79. The fourth-order valence-corrected chi connectivity index (χ4v) is 3.12. The van der Waals surface area contributed by atoms with Crippen LogP contribution < -0.4 is 16.0 Å². The van der Waals surface area contributed by atoms with E-state index in [2.05, 4.69) is 39.8 Å². The molecule has 2 amide bonds. The molecule has 0 fully saturated rings. The third kappa shape index (κ3) is 7.00. The molecule has 0 aliphatic heterocycles. The highest BCUT2D eigenvalue weighted by atomic mass is 16.2. The maximum absolute atomic E-state index is 13.0. The van der Waals surface area contributed by atoms with E-state index in [1.54, 1.807) is 24.4 Å². The van der Waals surface area contributed by atoms with E-state index in [1.807, 2.05) is 49.4 Å². The van der Waals surface area contributed by atoms with Crippen LogP contribution in [0.1, 0.15) is 53.9 Å². The lowest BCUT2D eigenvalue weighted by Gasteiger charge is -2.14. The molecular formula is C26H29N5O2. The van der Waals surface area contributed by atoms with Gasteiger partial charge in [-0.1, -0.05) is 38.1 Å². The predicted octanol–water partition coefficient (Wildman–Crippen LogP) is 4.87. The molecule has 0 aliphatic rings. The summed E-state index contributed by atoms with van der Waals surface area (Å²) >= 11 is 0. The van der Waals surface area contributed by atoms with E-state index in [4.69, 9.17) is 0 Å². The Morgan fingerprint density at radius 1 is 1.00 bits per heavy atom. The van der Waals surface area contributed by atoms with Gasteiger partial charge in [-0.15, -0.1) is 0 Å². The topological polar surface area (TPSA) is 95.5 Å². The molecule has 3 aromatic rings. The number of hydrogen-bond acceptors (Lipinski definition) is 4. The molecule has 0 spiro atoms. The zero-order valence-corrected chi connectivity index (χ0v) is 19.3. The van der Waals surface area contributed by atoms with Crippen molar-refractivity contribution >= 4 is 29.1 Å². The molecule has 0 unspecified atom stereocenters. The minimum absolute atomic E-state index is 0.195. The molecule has 7 nitrogen and oxygen atoms in total. The van der Waals surface area contributed by atoms with E-state index in [0.29, 0.717) is 29.7 Å². The number of aromatic nitrogens is 1. The normalized spacial score (nSPS) is 11.2. The molecular weight excluding hydrogens is 414 g/mol. The Morgan fingerprint density at radius 3 is 2.39 bits per heavy atom. The number of nitrogens with zero attached hydrogens (tertiary/aromatic N) is 2. The zero-order valence-electron chi connectivity index (χ0n) is 19.3. The van der Waals surface area contributed by atoms with Crippen molar-refractivity contribution in [2.45, 2.75) is 40.2 Å². The van der Waals surface area contributed by atoms with Gasteiger partial charge in [-0.3, -0.25) is 19.9 Å². The molecule has 3 N–H and O–H groups in total. The van der Waals surface area contributed by atoms with E-state index < -0.39 is 0 Å². The van der Waals surface area contributed by atoms with E-state index in [9.17, 15) is 9.59 Å². The molecule has 0 saturated heterocycles. The molecule has 1 aromatic heterocycles. The van der Waals surface area contributed by atoms with Gasteiger partial charge in [0.2, 0.25) is 11.9 Å². The second-order valence-electron chi connectivity index (χ2n) is 8.05. The second kappa shape index (κ2) is 11.0. The number of aliphatic imine (C=N–C) groups is 1. The molecule has 0 aliphatic carbocycles. The van der Waals surface area contributed by atoms with Gasteiger partial charge in [0.1, 0.15) is 0 Å². The largest absolute Gasteiger partial charge is 0.326 e. The Morgan fingerprint density at radius 2 is 1.76 bits per heavy atom. The summed E-state index contributed by atoms with van der Waals surface area (Å²) in [6, 6.07) is 18.8. The number of carbonyl (C=O) groups is 2. The van der Waals surface area contributed by atoms with Gasteiger partial charge in [0.15, 0.2) is 0 Å². The molecule has 1 heterocycles. The summed E-state index contributed by atoms with van der Waals surface area (Å²) in [4.78, 5) is 33.3. The first-order valence-electron chi connectivity index (χ1n) is 10.8. The van der Waals surface area contributed by atoms with E-state index in [1.165, 1.54) is 12.5 Å². The molecule has 0 saturated carbocycles. The smallest absolute Gasteiger partial charge is 0.258 e. The van der Waals surface area contributed by atoms with Gasteiger partial charge in [-0.25, -0.2) is 4.99 Å². The van der Waals surface area contributed by atoms with E-state index in [-0.39, 0.29) is 11.8 Å². The van der Waals surface area contributed by atoms with Crippen LogP contribution in [-0.4, -0.2) is 22.8 Å². The molecule has 2 aromatic carbocycles. The molecule has 0 atom stereocenters. The number of guanidine groups is 1.